The zero-order valence-electron chi connectivity index (χ0n) is 12.9. The fraction of sp³-hybridized carbons (Fsp3) is 0.533. The third-order valence-electron chi connectivity index (χ3n) is 3.31. The minimum absolute atomic E-state index is 0.295. The Morgan fingerprint density at radius 2 is 2.05 bits per heavy atom. The van der Waals surface area contributed by atoms with Gasteiger partial charge in [0, 0.05) is 31.3 Å². The van der Waals surface area contributed by atoms with Crippen LogP contribution in [0.3, 0.4) is 0 Å². The Hall–Kier alpha value is -1.91. The summed E-state index contributed by atoms with van der Waals surface area (Å²) in [6.07, 6.45) is 2.88. The molecule has 2 heterocycles. The van der Waals surface area contributed by atoms with Crippen LogP contribution in [0.15, 0.2) is 12.3 Å². The van der Waals surface area contributed by atoms with E-state index in [1.807, 2.05) is 24.0 Å². The maximum absolute atomic E-state index is 4.75. The third-order valence-corrected chi connectivity index (χ3v) is 3.31. The molecule has 5 nitrogen and oxygen atoms in total. The van der Waals surface area contributed by atoms with Crippen molar-refractivity contribution in [3.63, 3.8) is 0 Å². The minimum atomic E-state index is 0.295. The molecular formula is C15H23N5. The maximum Gasteiger partial charge on any atom is 0.134 e. The summed E-state index contributed by atoms with van der Waals surface area (Å²) in [7, 11) is 1.90. The van der Waals surface area contributed by atoms with Crippen LogP contribution < -0.4 is 5.32 Å². The molecule has 20 heavy (non-hydrogen) atoms. The van der Waals surface area contributed by atoms with Crippen LogP contribution in [0.25, 0.3) is 11.4 Å². The number of aryl methyl sites for hydroxylation is 1. The summed E-state index contributed by atoms with van der Waals surface area (Å²) < 4.78 is 2.01. The second-order valence-electron chi connectivity index (χ2n) is 5.25. The van der Waals surface area contributed by atoms with Crippen LogP contribution in [-0.2, 0) is 6.54 Å². The lowest BCUT2D eigenvalue weighted by atomic mass is 10.1. The van der Waals surface area contributed by atoms with E-state index in [1.54, 1.807) is 0 Å². The SMILES string of the molecule is CCCn1nccc1-c1nc(C(C)C)nc(NC)c1C. The molecule has 1 N–H and O–H groups in total. The van der Waals surface area contributed by atoms with Gasteiger partial charge in [-0.3, -0.25) is 4.68 Å². The molecule has 0 amide bonds. The van der Waals surface area contributed by atoms with Crippen molar-refractivity contribution in [2.24, 2.45) is 0 Å². The molecule has 0 saturated heterocycles. The smallest absolute Gasteiger partial charge is 0.134 e. The van der Waals surface area contributed by atoms with Gasteiger partial charge in [-0.2, -0.15) is 5.10 Å². The molecule has 108 valence electrons. The van der Waals surface area contributed by atoms with Crippen LogP contribution in [0.2, 0.25) is 0 Å². The van der Waals surface area contributed by atoms with Gasteiger partial charge in [0.2, 0.25) is 0 Å². The maximum atomic E-state index is 4.75. The van der Waals surface area contributed by atoms with E-state index >= 15 is 0 Å². The first-order valence-electron chi connectivity index (χ1n) is 7.16. The standard InChI is InChI=1S/C15H23N5/c1-6-9-20-12(7-8-17-20)13-11(4)15(16-5)19-14(18-13)10(2)3/h7-8,10H,6,9H2,1-5H3,(H,16,18,19). The lowest BCUT2D eigenvalue weighted by molar-refractivity contribution is 0.607. The second kappa shape index (κ2) is 6.03. The molecule has 0 unspecified atom stereocenters. The van der Waals surface area contributed by atoms with E-state index in [4.69, 9.17) is 4.98 Å². The Labute approximate surface area is 120 Å². The summed E-state index contributed by atoms with van der Waals surface area (Å²) in [4.78, 5) is 9.34. The van der Waals surface area contributed by atoms with Gasteiger partial charge in [-0.25, -0.2) is 9.97 Å². The zero-order valence-corrected chi connectivity index (χ0v) is 12.9. The molecule has 2 aromatic heterocycles. The van der Waals surface area contributed by atoms with Gasteiger partial charge in [-0.15, -0.1) is 0 Å². The highest BCUT2D eigenvalue weighted by atomic mass is 15.3. The van der Waals surface area contributed by atoms with Crippen molar-refractivity contribution in [1.29, 1.82) is 0 Å². The zero-order chi connectivity index (χ0) is 14.7. The van der Waals surface area contributed by atoms with E-state index in [9.17, 15) is 0 Å². The highest BCUT2D eigenvalue weighted by Crippen LogP contribution is 2.27. The normalized spacial score (nSPS) is 11.1. The van der Waals surface area contributed by atoms with E-state index in [1.165, 1.54) is 0 Å². The van der Waals surface area contributed by atoms with Crippen molar-refractivity contribution < 1.29 is 0 Å². The summed E-state index contributed by atoms with van der Waals surface area (Å²) in [5.41, 5.74) is 3.10. The van der Waals surface area contributed by atoms with Gasteiger partial charge >= 0.3 is 0 Å². The van der Waals surface area contributed by atoms with Crippen molar-refractivity contribution in [3.05, 3.63) is 23.7 Å². The van der Waals surface area contributed by atoms with Crippen molar-refractivity contribution in [2.45, 2.75) is 46.6 Å². The third kappa shape index (κ3) is 2.66. The van der Waals surface area contributed by atoms with E-state index in [0.29, 0.717) is 5.92 Å². The number of rotatable bonds is 5. The molecule has 0 bridgehead atoms. The van der Waals surface area contributed by atoms with Crippen LogP contribution in [0, 0.1) is 6.92 Å². The molecule has 0 saturated carbocycles. The van der Waals surface area contributed by atoms with Crippen molar-refractivity contribution in [1.82, 2.24) is 19.7 Å². The van der Waals surface area contributed by atoms with Gasteiger partial charge in [-0.1, -0.05) is 20.8 Å². The molecule has 0 spiro atoms. The van der Waals surface area contributed by atoms with Crippen LogP contribution in [-0.4, -0.2) is 26.8 Å². The lowest BCUT2D eigenvalue weighted by Gasteiger charge is -2.14. The summed E-state index contributed by atoms with van der Waals surface area (Å²) in [5.74, 6) is 2.05. The van der Waals surface area contributed by atoms with E-state index < -0.39 is 0 Å². The monoisotopic (exact) mass is 273 g/mol. The molecule has 5 heteroatoms. The quantitative estimate of drug-likeness (QED) is 0.908. The van der Waals surface area contributed by atoms with Crippen LogP contribution >= 0.6 is 0 Å². The van der Waals surface area contributed by atoms with Crippen molar-refractivity contribution >= 4 is 5.82 Å². The van der Waals surface area contributed by atoms with Gasteiger partial charge in [0.15, 0.2) is 0 Å². The molecular weight excluding hydrogens is 250 g/mol. The summed E-state index contributed by atoms with van der Waals surface area (Å²) >= 11 is 0. The van der Waals surface area contributed by atoms with E-state index in [2.05, 4.69) is 43.1 Å². The Morgan fingerprint density at radius 1 is 1.30 bits per heavy atom. The molecule has 0 fully saturated rings. The first kappa shape index (κ1) is 14.5. The largest absolute Gasteiger partial charge is 0.373 e. The van der Waals surface area contributed by atoms with Gasteiger partial charge in [0.25, 0.3) is 0 Å². The van der Waals surface area contributed by atoms with Gasteiger partial charge in [0.05, 0.1) is 11.4 Å². The number of aromatic nitrogens is 4. The van der Waals surface area contributed by atoms with Crippen LogP contribution in [0.4, 0.5) is 5.82 Å². The number of nitrogens with zero attached hydrogens (tertiary/aromatic N) is 4. The molecule has 2 rings (SSSR count). The minimum Gasteiger partial charge on any atom is -0.373 e. The number of anilines is 1. The van der Waals surface area contributed by atoms with Gasteiger partial charge in [-0.05, 0) is 19.4 Å². The lowest BCUT2D eigenvalue weighted by Crippen LogP contribution is -2.09. The summed E-state index contributed by atoms with van der Waals surface area (Å²) in [6, 6.07) is 2.02. The fourth-order valence-electron chi connectivity index (χ4n) is 2.21. The Morgan fingerprint density at radius 3 is 2.65 bits per heavy atom. The first-order chi connectivity index (χ1) is 9.58. The Balaban J connectivity index is 2.59. The topological polar surface area (TPSA) is 55.6 Å². The Kier molecular flexibility index (Phi) is 4.37. The van der Waals surface area contributed by atoms with Gasteiger partial charge in [0.1, 0.15) is 11.6 Å². The molecule has 0 aromatic carbocycles. The average molecular weight is 273 g/mol. The molecule has 0 aliphatic heterocycles. The van der Waals surface area contributed by atoms with E-state index in [0.717, 1.165) is 41.6 Å². The molecule has 0 radical (unpaired) electrons. The first-order valence-corrected chi connectivity index (χ1v) is 7.16. The number of nitrogens with one attached hydrogen (secondary N) is 1. The van der Waals surface area contributed by atoms with Crippen molar-refractivity contribution in [2.75, 3.05) is 12.4 Å². The summed E-state index contributed by atoms with van der Waals surface area (Å²) in [5, 5.41) is 7.55. The number of hydrogen-bond donors (Lipinski definition) is 1. The molecule has 0 aliphatic carbocycles. The molecule has 0 atom stereocenters. The van der Waals surface area contributed by atoms with E-state index in [-0.39, 0.29) is 0 Å². The number of hydrogen-bond acceptors (Lipinski definition) is 4. The molecule has 0 aliphatic rings. The van der Waals surface area contributed by atoms with Gasteiger partial charge < -0.3 is 5.32 Å². The fourth-order valence-corrected chi connectivity index (χ4v) is 2.21. The highest BCUT2D eigenvalue weighted by Gasteiger charge is 2.16. The van der Waals surface area contributed by atoms with Crippen LogP contribution in [0.1, 0.15) is 44.5 Å². The molecule has 2 aromatic rings. The van der Waals surface area contributed by atoms with Crippen LogP contribution in [0.5, 0.6) is 0 Å². The second-order valence-corrected chi connectivity index (χ2v) is 5.25. The Bertz CT molecular complexity index is 586. The predicted octanol–water partition coefficient (Wildman–Crippen LogP) is 3.22. The predicted molar refractivity (Wildman–Crippen MR) is 81.9 cm³/mol. The highest BCUT2D eigenvalue weighted by molar-refractivity contribution is 5.65. The van der Waals surface area contributed by atoms with Crippen molar-refractivity contribution in [3.8, 4) is 11.4 Å². The average Bonchev–Trinajstić information content (AvgIpc) is 2.87. The summed E-state index contributed by atoms with van der Waals surface area (Å²) in [6.45, 7) is 9.32.